The van der Waals surface area contributed by atoms with Crippen molar-refractivity contribution in [1.82, 2.24) is 14.8 Å². The lowest BCUT2D eigenvalue weighted by Gasteiger charge is -2.27. The topological polar surface area (TPSA) is 89.3 Å². The molecule has 33 heavy (non-hydrogen) atoms. The Bertz CT molecular complexity index is 1120. The van der Waals surface area contributed by atoms with Crippen LogP contribution in [0, 0.1) is 0 Å². The third-order valence-electron chi connectivity index (χ3n) is 5.69. The molecule has 2 heterocycles. The first-order valence-corrected chi connectivity index (χ1v) is 12.1. The summed E-state index contributed by atoms with van der Waals surface area (Å²) in [5.74, 6) is 0.998. The Balaban J connectivity index is 1.21. The van der Waals surface area contributed by atoms with E-state index in [2.05, 4.69) is 25.0 Å². The molecule has 9 heteroatoms. The van der Waals surface area contributed by atoms with Gasteiger partial charge in [0.2, 0.25) is 5.95 Å². The van der Waals surface area contributed by atoms with E-state index < -0.39 is 0 Å². The lowest BCUT2D eigenvalue weighted by Crippen LogP contribution is -2.38. The van der Waals surface area contributed by atoms with Crippen molar-refractivity contribution in [2.24, 2.45) is 0 Å². The maximum absolute atomic E-state index is 12.8. The fourth-order valence-electron chi connectivity index (χ4n) is 3.74. The van der Waals surface area contributed by atoms with Crippen LogP contribution < -0.4 is 10.2 Å². The first-order chi connectivity index (χ1) is 16.2. The molecule has 2 fully saturated rings. The summed E-state index contributed by atoms with van der Waals surface area (Å²) in [4.78, 5) is 27.3. The van der Waals surface area contributed by atoms with Gasteiger partial charge in [-0.05, 0) is 49.2 Å². The van der Waals surface area contributed by atoms with Crippen molar-refractivity contribution in [3.63, 3.8) is 0 Å². The zero-order chi connectivity index (χ0) is 22.6. The van der Waals surface area contributed by atoms with Gasteiger partial charge in [-0.3, -0.25) is 14.2 Å². The number of carbonyl (C=O) groups is 2. The van der Waals surface area contributed by atoms with Crippen LogP contribution in [0.1, 0.15) is 39.6 Å². The lowest BCUT2D eigenvalue weighted by molar-refractivity contribution is 0.101. The van der Waals surface area contributed by atoms with Gasteiger partial charge < -0.3 is 15.0 Å². The predicted octanol–water partition coefficient (Wildman–Crippen LogP) is 3.68. The minimum atomic E-state index is -0.180. The van der Waals surface area contributed by atoms with Crippen molar-refractivity contribution >= 4 is 35.1 Å². The molecule has 1 aliphatic heterocycles. The molecule has 0 spiro atoms. The quantitative estimate of drug-likeness (QED) is 0.403. The zero-order valence-electron chi connectivity index (χ0n) is 18.1. The number of carbonyl (C=O) groups excluding carboxylic acids is 2. The van der Waals surface area contributed by atoms with Crippen LogP contribution >= 0.6 is 11.8 Å². The van der Waals surface area contributed by atoms with Gasteiger partial charge in [0.05, 0.1) is 19.0 Å². The Morgan fingerprint density at radius 2 is 1.70 bits per heavy atom. The first-order valence-electron chi connectivity index (χ1n) is 11.1. The van der Waals surface area contributed by atoms with Crippen molar-refractivity contribution in [2.45, 2.75) is 24.0 Å². The highest BCUT2D eigenvalue weighted by atomic mass is 32.2. The summed E-state index contributed by atoms with van der Waals surface area (Å²) < 4.78 is 7.64. The minimum Gasteiger partial charge on any atom is -0.378 e. The van der Waals surface area contributed by atoms with Gasteiger partial charge in [0.1, 0.15) is 0 Å². The fourth-order valence-corrected chi connectivity index (χ4v) is 4.64. The summed E-state index contributed by atoms with van der Waals surface area (Å²) in [6.45, 7) is 3.00. The maximum Gasteiger partial charge on any atom is 0.255 e. The number of nitrogens with zero attached hydrogens (tertiary/aromatic N) is 4. The highest BCUT2D eigenvalue weighted by Gasteiger charge is 2.32. The number of hydrogen-bond donors (Lipinski definition) is 1. The summed E-state index contributed by atoms with van der Waals surface area (Å²) >= 11 is 1.43. The molecule has 3 aromatic rings. The summed E-state index contributed by atoms with van der Waals surface area (Å²) in [7, 11) is 0. The molecule has 2 aliphatic rings. The number of ketones is 1. The van der Waals surface area contributed by atoms with E-state index in [0.29, 0.717) is 36.1 Å². The second-order valence-electron chi connectivity index (χ2n) is 8.09. The number of nitrogens with one attached hydrogen (secondary N) is 1. The molecule has 0 unspecified atom stereocenters. The first kappa shape index (κ1) is 21.7. The van der Waals surface area contributed by atoms with Crippen molar-refractivity contribution in [2.75, 3.05) is 42.3 Å². The van der Waals surface area contributed by atoms with Gasteiger partial charge >= 0.3 is 0 Å². The van der Waals surface area contributed by atoms with Crippen molar-refractivity contribution in [1.29, 1.82) is 0 Å². The molecule has 1 N–H and O–H groups in total. The van der Waals surface area contributed by atoms with Crippen LogP contribution in [0.15, 0.2) is 59.8 Å². The van der Waals surface area contributed by atoms with Crippen LogP contribution in [-0.4, -0.2) is 58.5 Å². The average Bonchev–Trinajstić information content (AvgIpc) is 3.62. The SMILES string of the molecule is O=C(CSc1nnc(N2CCOCC2)n1C1CC1)c1ccc(NC(=O)c2ccccc2)cc1. The maximum atomic E-state index is 12.8. The van der Waals surface area contributed by atoms with E-state index in [1.54, 1.807) is 36.4 Å². The third-order valence-corrected chi connectivity index (χ3v) is 6.63. The molecule has 1 saturated carbocycles. The largest absolute Gasteiger partial charge is 0.378 e. The third kappa shape index (κ3) is 5.09. The standard InChI is InChI=1S/C24H25N5O3S/c30-21(17-6-8-19(9-7-17)25-22(31)18-4-2-1-3-5-18)16-33-24-27-26-23(29(24)20-10-11-20)28-12-14-32-15-13-28/h1-9,20H,10-16H2,(H,25,31). The number of amides is 1. The van der Waals surface area contributed by atoms with Crippen LogP contribution in [0.2, 0.25) is 0 Å². The van der Waals surface area contributed by atoms with Crippen molar-refractivity contribution < 1.29 is 14.3 Å². The zero-order valence-corrected chi connectivity index (χ0v) is 19.0. The molecule has 1 saturated heterocycles. The molecule has 1 aromatic heterocycles. The van der Waals surface area contributed by atoms with E-state index in [1.165, 1.54) is 11.8 Å². The molecule has 1 aliphatic carbocycles. The fraction of sp³-hybridized carbons (Fsp3) is 0.333. The summed E-state index contributed by atoms with van der Waals surface area (Å²) in [5, 5.41) is 12.5. The van der Waals surface area contributed by atoms with Crippen LogP contribution in [0.25, 0.3) is 0 Å². The molecule has 0 bridgehead atoms. The molecular weight excluding hydrogens is 438 g/mol. The molecule has 5 rings (SSSR count). The average molecular weight is 464 g/mol. The molecule has 0 atom stereocenters. The summed E-state index contributed by atoms with van der Waals surface area (Å²) in [6, 6.07) is 16.4. The number of aromatic nitrogens is 3. The van der Waals surface area contributed by atoms with Crippen molar-refractivity contribution in [3.05, 3.63) is 65.7 Å². The Morgan fingerprint density at radius 1 is 0.970 bits per heavy atom. The van der Waals surface area contributed by atoms with E-state index in [1.807, 2.05) is 18.2 Å². The van der Waals surface area contributed by atoms with Crippen LogP contribution in [0.3, 0.4) is 0 Å². The Morgan fingerprint density at radius 3 is 2.39 bits per heavy atom. The van der Waals surface area contributed by atoms with E-state index in [-0.39, 0.29) is 17.4 Å². The van der Waals surface area contributed by atoms with Gasteiger partial charge in [-0.2, -0.15) is 0 Å². The number of benzene rings is 2. The van der Waals surface area contributed by atoms with E-state index in [9.17, 15) is 9.59 Å². The Hall–Kier alpha value is -3.17. The number of ether oxygens (including phenoxy) is 1. The Kier molecular flexibility index (Phi) is 6.41. The van der Waals surface area contributed by atoms with E-state index >= 15 is 0 Å². The monoisotopic (exact) mass is 463 g/mol. The van der Waals surface area contributed by atoms with Crippen LogP contribution in [-0.2, 0) is 4.74 Å². The number of anilines is 2. The molecule has 170 valence electrons. The smallest absolute Gasteiger partial charge is 0.255 e. The molecule has 2 aromatic carbocycles. The highest BCUT2D eigenvalue weighted by molar-refractivity contribution is 7.99. The summed E-state index contributed by atoms with van der Waals surface area (Å²) in [5.41, 5.74) is 1.84. The van der Waals surface area contributed by atoms with Crippen LogP contribution in [0.5, 0.6) is 0 Å². The second kappa shape index (κ2) is 9.76. The van der Waals surface area contributed by atoms with Gasteiger partial charge in [-0.25, -0.2) is 0 Å². The summed E-state index contributed by atoms with van der Waals surface area (Å²) in [6.07, 6.45) is 2.24. The molecular formula is C24H25N5O3S. The number of morpholine rings is 1. The minimum absolute atomic E-state index is 0.0132. The molecule has 8 nitrogen and oxygen atoms in total. The van der Waals surface area contributed by atoms with E-state index in [4.69, 9.17) is 4.74 Å². The lowest BCUT2D eigenvalue weighted by atomic mass is 10.1. The highest BCUT2D eigenvalue weighted by Crippen LogP contribution is 2.41. The van der Waals surface area contributed by atoms with Crippen molar-refractivity contribution in [3.8, 4) is 0 Å². The van der Waals surface area contributed by atoms with Gasteiger partial charge in [-0.15, -0.1) is 10.2 Å². The predicted molar refractivity (Wildman–Crippen MR) is 127 cm³/mol. The number of thioether (sulfide) groups is 1. The van der Waals surface area contributed by atoms with Crippen LogP contribution in [0.4, 0.5) is 11.6 Å². The Labute approximate surface area is 196 Å². The number of hydrogen-bond acceptors (Lipinski definition) is 7. The number of rotatable bonds is 8. The van der Waals surface area contributed by atoms with Gasteiger partial charge in [-0.1, -0.05) is 30.0 Å². The normalized spacial score (nSPS) is 15.9. The van der Waals surface area contributed by atoms with Gasteiger partial charge in [0.25, 0.3) is 5.91 Å². The number of Topliss-reactive ketones (excluding diaryl/α,β-unsaturated/α-hetero) is 1. The second-order valence-corrected chi connectivity index (χ2v) is 9.04. The molecule has 1 amide bonds. The van der Waals surface area contributed by atoms with Gasteiger partial charge in [0.15, 0.2) is 10.9 Å². The molecule has 0 radical (unpaired) electrons. The van der Waals surface area contributed by atoms with Gasteiger partial charge in [0, 0.05) is 35.9 Å². The van der Waals surface area contributed by atoms with E-state index in [0.717, 1.165) is 37.0 Å².